The number of anilines is 2. The lowest BCUT2D eigenvalue weighted by Crippen LogP contribution is -2.47. The van der Waals surface area contributed by atoms with Gasteiger partial charge in [-0.25, -0.2) is 4.39 Å². The Balaban J connectivity index is 1.66. The van der Waals surface area contributed by atoms with Crippen LogP contribution >= 0.6 is 11.3 Å². The minimum absolute atomic E-state index is 0.118. The number of carbonyl (C=O) groups excluding carboxylic acids is 2. The normalized spacial score (nSPS) is 15.8. The number of nitrogens with zero attached hydrogens (tertiary/aromatic N) is 2. The SMILES string of the molecule is CC(NC(=O)c1cccs1)C(=O)Nc1cc(F)ccc1N1CCN(CCO)CC1. The molecule has 156 valence electrons. The number of piperazine rings is 1. The van der Waals surface area contributed by atoms with Gasteiger partial charge in [0.2, 0.25) is 5.91 Å². The summed E-state index contributed by atoms with van der Waals surface area (Å²) in [5, 5.41) is 16.3. The number of aliphatic hydroxyl groups is 1. The van der Waals surface area contributed by atoms with Gasteiger partial charge in [-0.2, -0.15) is 0 Å². The van der Waals surface area contributed by atoms with Gasteiger partial charge in [-0.05, 0) is 36.6 Å². The first kappa shape index (κ1) is 21.2. The van der Waals surface area contributed by atoms with Crippen LogP contribution in [0, 0.1) is 5.82 Å². The van der Waals surface area contributed by atoms with Gasteiger partial charge in [0.25, 0.3) is 5.91 Å². The van der Waals surface area contributed by atoms with Crippen LogP contribution in [-0.4, -0.2) is 67.2 Å². The Hall–Kier alpha value is -2.49. The topological polar surface area (TPSA) is 84.9 Å². The van der Waals surface area contributed by atoms with Crippen molar-refractivity contribution >= 4 is 34.5 Å². The van der Waals surface area contributed by atoms with Gasteiger partial charge in [-0.1, -0.05) is 6.07 Å². The monoisotopic (exact) mass is 420 g/mol. The maximum Gasteiger partial charge on any atom is 0.261 e. The number of benzene rings is 1. The number of hydrogen-bond acceptors (Lipinski definition) is 6. The molecule has 29 heavy (non-hydrogen) atoms. The molecule has 0 saturated carbocycles. The minimum Gasteiger partial charge on any atom is -0.395 e. The average Bonchev–Trinajstić information content (AvgIpc) is 3.24. The highest BCUT2D eigenvalue weighted by Crippen LogP contribution is 2.28. The Morgan fingerprint density at radius 1 is 1.24 bits per heavy atom. The highest BCUT2D eigenvalue weighted by Gasteiger charge is 2.22. The molecule has 1 atom stereocenters. The van der Waals surface area contributed by atoms with E-state index in [1.165, 1.54) is 23.5 Å². The van der Waals surface area contributed by atoms with E-state index in [9.17, 15) is 14.0 Å². The van der Waals surface area contributed by atoms with E-state index in [1.54, 1.807) is 30.5 Å². The fourth-order valence-electron chi connectivity index (χ4n) is 3.22. The van der Waals surface area contributed by atoms with Crippen molar-refractivity contribution in [3.63, 3.8) is 0 Å². The van der Waals surface area contributed by atoms with E-state index in [0.29, 0.717) is 30.2 Å². The maximum atomic E-state index is 13.9. The van der Waals surface area contributed by atoms with Crippen LogP contribution in [0.15, 0.2) is 35.7 Å². The van der Waals surface area contributed by atoms with Gasteiger partial charge in [-0.3, -0.25) is 14.5 Å². The fraction of sp³-hybridized carbons (Fsp3) is 0.400. The third kappa shape index (κ3) is 5.53. The van der Waals surface area contributed by atoms with Crippen molar-refractivity contribution in [1.29, 1.82) is 0 Å². The molecule has 3 rings (SSSR count). The van der Waals surface area contributed by atoms with Gasteiger partial charge >= 0.3 is 0 Å². The number of nitrogens with one attached hydrogen (secondary N) is 2. The highest BCUT2D eigenvalue weighted by molar-refractivity contribution is 7.12. The van der Waals surface area contributed by atoms with Gasteiger partial charge in [0.15, 0.2) is 0 Å². The number of halogens is 1. The number of aliphatic hydroxyl groups excluding tert-OH is 1. The zero-order chi connectivity index (χ0) is 20.8. The quantitative estimate of drug-likeness (QED) is 0.636. The van der Waals surface area contributed by atoms with Gasteiger partial charge in [0, 0.05) is 32.7 Å². The number of hydrogen-bond donors (Lipinski definition) is 3. The number of rotatable bonds is 7. The van der Waals surface area contributed by atoms with Crippen LogP contribution < -0.4 is 15.5 Å². The van der Waals surface area contributed by atoms with Crippen LogP contribution in [0.3, 0.4) is 0 Å². The van der Waals surface area contributed by atoms with E-state index in [0.717, 1.165) is 18.8 Å². The summed E-state index contributed by atoms with van der Waals surface area (Å²) < 4.78 is 13.9. The van der Waals surface area contributed by atoms with E-state index in [-0.39, 0.29) is 12.5 Å². The van der Waals surface area contributed by atoms with Gasteiger partial charge in [0.05, 0.1) is 22.9 Å². The first-order valence-electron chi connectivity index (χ1n) is 9.51. The van der Waals surface area contributed by atoms with Crippen LogP contribution in [-0.2, 0) is 4.79 Å². The molecule has 3 N–H and O–H groups in total. The molecular weight excluding hydrogens is 395 g/mol. The molecule has 0 spiro atoms. The minimum atomic E-state index is -0.776. The van der Waals surface area contributed by atoms with Crippen molar-refractivity contribution in [3.8, 4) is 0 Å². The summed E-state index contributed by atoms with van der Waals surface area (Å²) >= 11 is 1.30. The number of carbonyl (C=O) groups is 2. The van der Waals surface area contributed by atoms with Crippen molar-refractivity contribution in [2.24, 2.45) is 0 Å². The summed E-state index contributed by atoms with van der Waals surface area (Å²) in [5.74, 6) is -1.18. The highest BCUT2D eigenvalue weighted by atomic mass is 32.1. The van der Waals surface area contributed by atoms with Crippen LogP contribution in [0.2, 0.25) is 0 Å². The van der Waals surface area contributed by atoms with Crippen molar-refractivity contribution < 1.29 is 19.1 Å². The smallest absolute Gasteiger partial charge is 0.261 e. The molecule has 1 aromatic heterocycles. The molecule has 9 heteroatoms. The lowest BCUT2D eigenvalue weighted by Gasteiger charge is -2.36. The van der Waals surface area contributed by atoms with Crippen LogP contribution in [0.5, 0.6) is 0 Å². The standard InChI is InChI=1S/C20H25FN4O3S/c1-14(22-20(28)18-3-2-12-29-18)19(27)23-16-13-15(21)4-5-17(16)25-8-6-24(7-9-25)10-11-26/h2-5,12-14,26H,6-11H2,1H3,(H,22,28)(H,23,27). The van der Waals surface area contributed by atoms with Crippen molar-refractivity contribution in [3.05, 3.63) is 46.4 Å². The third-order valence-electron chi connectivity index (χ3n) is 4.83. The molecule has 2 aromatic rings. The molecule has 2 heterocycles. The molecule has 0 aliphatic carbocycles. The number of β-amino-alcohol motifs (C(OH)–C–C–N with tert-alkyl or cyclic N) is 1. The van der Waals surface area contributed by atoms with Crippen molar-refractivity contribution in [2.45, 2.75) is 13.0 Å². The summed E-state index contributed by atoms with van der Waals surface area (Å²) in [6, 6.07) is 6.99. The Labute approximate surface area is 173 Å². The van der Waals surface area contributed by atoms with E-state index in [4.69, 9.17) is 5.11 Å². The first-order valence-corrected chi connectivity index (χ1v) is 10.4. The second-order valence-electron chi connectivity index (χ2n) is 6.88. The molecule has 0 radical (unpaired) electrons. The second kappa shape index (κ2) is 9.82. The molecule has 1 aliphatic rings. The Kier molecular flexibility index (Phi) is 7.18. The third-order valence-corrected chi connectivity index (χ3v) is 5.70. The maximum absolute atomic E-state index is 13.9. The predicted octanol–water partition coefficient (Wildman–Crippen LogP) is 1.76. The van der Waals surface area contributed by atoms with Gasteiger partial charge < -0.3 is 20.6 Å². The summed E-state index contributed by atoms with van der Waals surface area (Å²) in [6.45, 7) is 5.30. The second-order valence-corrected chi connectivity index (χ2v) is 7.82. The summed E-state index contributed by atoms with van der Waals surface area (Å²) in [4.78, 5) is 29.5. The molecule has 1 aromatic carbocycles. The number of amides is 2. The van der Waals surface area contributed by atoms with E-state index in [2.05, 4.69) is 20.4 Å². The fourth-order valence-corrected chi connectivity index (χ4v) is 3.85. The van der Waals surface area contributed by atoms with E-state index < -0.39 is 17.8 Å². The largest absolute Gasteiger partial charge is 0.395 e. The van der Waals surface area contributed by atoms with Crippen LogP contribution in [0.1, 0.15) is 16.6 Å². The van der Waals surface area contributed by atoms with Crippen LogP contribution in [0.25, 0.3) is 0 Å². The first-order chi connectivity index (χ1) is 14.0. The molecule has 1 fully saturated rings. The molecule has 1 saturated heterocycles. The summed E-state index contributed by atoms with van der Waals surface area (Å²) in [7, 11) is 0. The van der Waals surface area contributed by atoms with E-state index in [1.807, 2.05) is 0 Å². The number of thiophene rings is 1. The zero-order valence-corrected chi connectivity index (χ0v) is 17.0. The zero-order valence-electron chi connectivity index (χ0n) is 16.2. The van der Waals surface area contributed by atoms with Crippen molar-refractivity contribution in [1.82, 2.24) is 10.2 Å². The van der Waals surface area contributed by atoms with Gasteiger partial charge in [0.1, 0.15) is 11.9 Å². The lowest BCUT2D eigenvalue weighted by molar-refractivity contribution is -0.117. The molecule has 2 amide bonds. The summed E-state index contributed by atoms with van der Waals surface area (Å²) in [5.41, 5.74) is 1.11. The average molecular weight is 421 g/mol. The molecule has 0 bridgehead atoms. The lowest BCUT2D eigenvalue weighted by atomic mass is 10.2. The Morgan fingerprint density at radius 3 is 2.66 bits per heavy atom. The molecular formula is C20H25FN4O3S. The van der Waals surface area contributed by atoms with Crippen LogP contribution in [0.4, 0.5) is 15.8 Å². The Morgan fingerprint density at radius 2 is 2.00 bits per heavy atom. The van der Waals surface area contributed by atoms with E-state index >= 15 is 0 Å². The van der Waals surface area contributed by atoms with Gasteiger partial charge in [-0.15, -0.1) is 11.3 Å². The molecule has 7 nitrogen and oxygen atoms in total. The molecule has 1 unspecified atom stereocenters. The Bertz CT molecular complexity index is 838. The summed E-state index contributed by atoms with van der Waals surface area (Å²) in [6.07, 6.45) is 0. The van der Waals surface area contributed by atoms with Crippen molar-refractivity contribution in [2.75, 3.05) is 49.5 Å². The molecule has 1 aliphatic heterocycles. The predicted molar refractivity (Wildman–Crippen MR) is 112 cm³/mol.